The van der Waals surface area contributed by atoms with E-state index in [1.807, 2.05) is 66.7 Å². The zero-order valence-corrected chi connectivity index (χ0v) is 23.6. The number of benzene rings is 5. The Bertz CT molecular complexity index is 2380. The minimum absolute atomic E-state index is 0.530. The van der Waals surface area contributed by atoms with E-state index in [1.54, 1.807) is 11.3 Å². The lowest BCUT2D eigenvalue weighted by Gasteiger charge is -2.09. The fraction of sp³-hybridized carbons (Fsp3) is 0. The number of aromatic nitrogens is 6. The first-order valence-corrected chi connectivity index (χ1v) is 14.9. The van der Waals surface area contributed by atoms with Crippen LogP contribution >= 0.6 is 11.3 Å². The van der Waals surface area contributed by atoms with E-state index in [0.717, 1.165) is 49.4 Å². The largest absolute Gasteiger partial charge is 0.274 e. The monoisotopic (exact) mass is 570 g/mol. The van der Waals surface area contributed by atoms with Crippen LogP contribution in [0.2, 0.25) is 0 Å². The Labute approximate surface area is 250 Å². The van der Waals surface area contributed by atoms with Crippen LogP contribution in [0.3, 0.4) is 0 Å². The molecule has 0 radical (unpaired) electrons. The Morgan fingerprint density at radius 3 is 1.77 bits per heavy atom. The van der Waals surface area contributed by atoms with Crippen molar-refractivity contribution in [3.05, 3.63) is 133 Å². The summed E-state index contributed by atoms with van der Waals surface area (Å²) in [4.78, 5) is 21.2. The van der Waals surface area contributed by atoms with Crippen molar-refractivity contribution >= 4 is 48.6 Å². The van der Waals surface area contributed by atoms with Crippen molar-refractivity contribution in [3.63, 3.8) is 0 Å². The molecule has 0 spiro atoms. The Morgan fingerprint density at radius 2 is 1.09 bits per heavy atom. The van der Waals surface area contributed by atoms with E-state index in [4.69, 9.17) is 19.9 Å². The van der Waals surface area contributed by atoms with Crippen LogP contribution in [0.1, 0.15) is 0 Å². The van der Waals surface area contributed by atoms with E-state index < -0.39 is 0 Å². The van der Waals surface area contributed by atoms with Crippen molar-refractivity contribution in [2.75, 3.05) is 0 Å². The van der Waals surface area contributed by atoms with E-state index in [1.165, 1.54) is 10.1 Å². The molecule has 5 aromatic carbocycles. The highest BCUT2D eigenvalue weighted by atomic mass is 32.1. The summed E-state index contributed by atoms with van der Waals surface area (Å²) in [7, 11) is 0. The lowest BCUT2D eigenvalue weighted by molar-refractivity contribution is 0.937. The number of thiophene rings is 1. The molecule has 7 heteroatoms. The third kappa shape index (κ3) is 3.79. The van der Waals surface area contributed by atoms with Gasteiger partial charge in [0.15, 0.2) is 11.6 Å². The number of hydrogen-bond donors (Lipinski definition) is 0. The van der Waals surface area contributed by atoms with Gasteiger partial charge in [-0.3, -0.25) is 4.40 Å². The van der Waals surface area contributed by atoms with Crippen molar-refractivity contribution in [1.29, 1.82) is 0 Å². The topological polar surface area (TPSA) is 60.9 Å². The molecule has 6 nitrogen and oxygen atoms in total. The molecule has 4 aromatic heterocycles. The van der Waals surface area contributed by atoms with Gasteiger partial charge < -0.3 is 0 Å². The SMILES string of the molecule is c1ccc(-c2ccc3c(c2)n2c4c(nc2n3-c2nc(-c3ccccc3)nc(-c3ccccc3)n2)sc2ccccc24)cc1. The molecule has 0 amide bonds. The molecule has 0 bridgehead atoms. The van der Waals surface area contributed by atoms with E-state index in [-0.39, 0.29) is 0 Å². The van der Waals surface area contributed by atoms with Gasteiger partial charge in [-0.05, 0) is 29.3 Å². The summed E-state index contributed by atoms with van der Waals surface area (Å²) in [5.74, 6) is 2.53. The fourth-order valence-electron chi connectivity index (χ4n) is 5.83. The van der Waals surface area contributed by atoms with Gasteiger partial charge in [0.05, 0.1) is 16.6 Å². The normalized spacial score (nSPS) is 11.7. The number of nitrogens with zero attached hydrogens (tertiary/aromatic N) is 6. The summed E-state index contributed by atoms with van der Waals surface area (Å²) in [6, 6.07) is 45.7. The zero-order chi connectivity index (χ0) is 28.3. The number of rotatable bonds is 4. The average molecular weight is 571 g/mol. The minimum Gasteiger partial charge on any atom is -0.274 e. The number of hydrogen-bond acceptors (Lipinski definition) is 5. The predicted molar refractivity (Wildman–Crippen MR) is 175 cm³/mol. The van der Waals surface area contributed by atoms with Gasteiger partial charge in [-0.2, -0.15) is 9.97 Å². The van der Waals surface area contributed by atoms with Crippen LogP contribution in [-0.4, -0.2) is 28.9 Å². The molecule has 0 aliphatic heterocycles. The highest BCUT2D eigenvalue weighted by Gasteiger charge is 2.23. The molecule has 9 aromatic rings. The first-order chi connectivity index (χ1) is 21.3. The molecule has 0 saturated carbocycles. The molecule has 0 fully saturated rings. The molecule has 0 atom stereocenters. The van der Waals surface area contributed by atoms with Crippen molar-refractivity contribution < 1.29 is 0 Å². The Hall–Kier alpha value is -5.66. The summed E-state index contributed by atoms with van der Waals surface area (Å²) < 4.78 is 5.56. The van der Waals surface area contributed by atoms with Gasteiger partial charge in [-0.15, -0.1) is 11.3 Å². The molecular formula is C36H22N6S. The van der Waals surface area contributed by atoms with E-state index in [9.17, 15) is 0 Å². The summed E-state index contributed by atoms with van der Waals surface area (Å²) in [6.45, 7) is 0. The highest BCUT2D eigenvalue weighted by Crippen LogP contribution is 2.38. The quantitative estimate of drug-likeness (QED) is 0.212. The van der Waals surface area contributed by atoms with Crippen LogP contribution < -0.4 is 0 Å². The zero-order valence-electron chi connectivity index (χ0n) is 22.8. The Morgan fingerprint density at radius 1 is 0.488 bits per heavy atom. The van der Waals surface area contributed by atoms with E-state index in [0.29, 0.717) is 17.6 Å². The van der Waals surface area contributed by atoms with Gasteiger partial charge >= 0.3 is 0 Å². The Balaban J connectivity index is 1.40. The first kappa shape index (κ1) is 24.0. The van der Waals surface area contributed by atoms with Crippen molar-refractivity contribution in [2.24, 2.45) is 0 Å². The van der Waals surface area contributed by atoms with E-state index in [2.05, 4.69) is 75.7 Å². The molecule has 0 aliphatic rings. The molecule has 0 aliphatic carbocycles. The van der Waals surface area contributed by atoms with Crippen LogP contribution in [0.4, 0.5) is 0 Å². The maximum Gasteiger partial charge on any atom is 0.241 e. The second-order valence-electron chi connectivity index (χ2n) is 10.4. The molecule has 4 heterocycles. The smallest absolute Gasteiger partial charge is 0.241 e. The summed E-state index contributed by atoms with van der Waals surface area (Å²) >= 11 is 1.71. The second kappa shape index (κ2) is 9.44. The molecule has 0 unspecified atom stereocenters. The van der Waals surface area contributed by atoms with Gasteiger partial charge in [-0.1, -0.05) is 115 Å². The molecule has 9 rings (SSSR count). The summed E-state index contributed by atoms with van der Waals surface area (Å²) in [5.41, 5.74) is 7.28. The third-order valence-corrected chi connectivity index (χ3v) is 8.88. The minimum atomic E-state index is 0.530. The first-order valence-electron chi connectivity index (χ1n) is 14.1. The third-order valence-electron chi connectivity index (χ3n) is 7.83. The van der Waals surface area contributed by atoms with Crippen LogP contribution in [0, 0.1) is 0 Å². The van der Waals surface area contributed by atoms with Crippen molar-refractivity contribution in [1.82, 2.24) is 28.9 Å². The van der Waals surface area contributed by atoms with Crippen molar-refractivity contribution in [2.45, 2.75) is 0 Å². The maximum atomic E-state index is 5.22. The van der Waals surface area contributed by atoms with Gasteiger partial charge in [0.1, 0.15) is 4.83 Å². The fourth-order valence-corrected chi connectivity index (χ4v) is 6.89. The average Bonchev–Trinajstić information content (AvgIpc) is 3.72. The van der Waals surface area contributed by atoms with Gasteiger partial charge in [0.2, 0.25) is 11.7 Å². The summed E-state index contributed by atoms with van der Waals surface area (Å²) in [5, 5.41) is 1.18. The van der Waals surface area contributed by atoms with Crippen LogP contribution in [0.15, 0.2) is 133 Å². The van der Waals surface area contributed by atoms with Crippen LogP contribution in [0.25, 0.3) is 77.1 Å². The molecular weight excluding hydrogens is 549 g/mol. The molecule has 0 saturated heterocycles. The second-order valence-corrected chi connectivity index (χ2v) is 11.4. The summed E-state index contributed by atoms with van der Waals surface area (Å²) in [6.07, 6.45) is 0. The van der Waals surface area contributed by atoms with Crippen LogP contribution in [-0.2, 0) is 0 Å². The van der Waals surface area contributed by atoms with Gasteiger partial charge in [0, 0.05) is 21.2 Å². The number of imidazole rings is 2. The highest BCUT2D eigenvalue weighted by molar-refractivity contribution is 7.25. The molecule has 202 valence electrons. The number of fused-ring (bicyclic) bond motifs is 7. The standard InChI is InChI=1S/C36H22N6S/c1-4-12-23(13-5-1)26-20-21-28-29(22-26)41-31-27-18-10-11-19-30(27)43-34(31)40-36(41)42(28)35-38-32(24-14-6-2-7-15-24)37-33(39-35)25-16-8-3-9-17-25/h1-22H. The van der Waals surface area contributed by atoms with Gasteiger partial charge in [-0.25, -0.2) is 14.5 Å². The lowest BCUT2D eigenvalue weighted by atomic mass is 10.1. The predicted octanol–water partition coefficient (Wildman–Crippen LogP) is 8.83. The lowest BCUT2D eigenvalue weighted by Crippen LogP contribution is -2.07. The Kier molecular flexibility index (Phi) is 5.27. The van der Waals surface area contributed by atoms with Crippen LogP contribution in [0.5, 0.6) is 0 Å². The van der Waals surface area contributed by atoms with Gasteiger partial charge in [0.25, 0.3) is 0 Å². The molecule has 43 heavy (non-hydrogen) atoms. The molecule has 0 N–H and O–H groups in total. The van der Waals surface area contributed by atoms with Crippen molar-refractivity contribution in [3.8, 4) is 39.9 Å². The maximum absolute atomic E-state index is 5.22. The van der Waals surface area contributed by atoms with E-state index >= 15 is 0 Å².